The first-order chi connectivity index (χ1) is 13.7. The monoisotopic (exact) mass is 385 g/mol. The lowest BCUT2D eigenvalue weighted by Crippen LogP contribution is -2.21. The van der Waals surface area contributed by atoms with Crippen molar-refractivity contribution in [3.8, 4) is 6.07 Å². The Morgan fingerprint density at radius 3 is 2.61 bits per heavy atom. The first-order valence-electron chi connectivity index (χ1n) is 8.53. The van der Waals surface area contributed by atoms with Crippen LogP contribution in [-0.4, -0.2) is 18.7 Å². The molecule has 136 valence electrons. The molecule has 1 aliphatic heterocycles. The molecule has 0 fully saturated rings. The molecule has 1 amide bonds. The van der Waals surface area contributed by atoms with E-state index in [2.05, 4.69) is 17.6 Å². The molecule has 0 bridgehead atoms. The van der Waals surface area contributed by atoms with Gasteiger partial charge in [0.05, 0.1) is 30.1 Å². The largest absolute Gasteiger partial charge is 0.277 e. The van der Waals surface area contributed by atoms with Gasteiger partial charge in [0.1, 0.15) is 0 Å². The van der Waals surface area contributed by atoms with E-state index in [-0.39, 0.29) is 5.91 Å². The highest BCUT2D eigenvalue weighted by atomic mass is 32.2. The normalized spacial score (nSPS) is 12.1. The van der Waals surface area contributed by atoms with Gasteiger partial charge in [0.25, 0.3) is 5.91 Å². The summed E-state index contributed by atoms with van der Waals surface area (Å²) in [6, 6.07) is 22.9. The number of hydrogen-bond acceptors (Lipinski definition) is 5. The predicted octanol–water partition coefficient (Wildman–Crippen LogP) is 4.48. The van der Waals surface area contributed by atoms with E-state index < -0.39 is 0 Å². The first-order valence-corrected chi connectivity index (χ1v) is 9.35. The number of hydroxylamine groups is 1. The summed E-state index contributed by atoms with van der Waals surface area (Å²) in [4.78, 5) is 23.8. The molecule has 0 unspecified atom stereocenters. The summed E-state index contributed by atoms with van der Waals surface area (Å²) in [5.41, 5.74) is 6.83. The molecule has 0 saturated heterocycles. The van der Waals surface area contributed by atoms with E-state index in [0.717, 1.165) is 26.6 Å². The van der Waals surface area contributed by atoms with Gasteiger partial charge in [-0.05, 0) is 36.4 Å². The fourth-order valence-corrected chi connectivity index (χ4v) is 3.96. The number of rotatable bonds is 3. The molecule has 0 aromatic heterocycles. The second kappa shape index (κ2) is 7.69. The zero-order valence-electron chi connectivity index (χ0n) is 15.0. The molecule has 3 aromatic rings. The maximum Gasteiger partial charge on any atom is 0.274 e. The van der Waals surface area contributed by atoms with Crippen LogP contribution < -0.4 is 5.48 Å². The SMILES string of the molecule is CONC(=O)c1ccc2c(c1)N=C(c1ccc(C#N)cc1)c1ccccc1S2. The minimum atomic E-state index is -0.327. The highest BCUT2D eigenvalue weighted by molar-refractivity contribution is 7.99. The van der Waals surface area contributed by atoms with Crippen molar-refractivity contribution in [2.45, 2.75) is 9.79 Å². The molecule has 1 heterocycles. The Labute approximate surface area is 166 Å². The highest BCUT2D eigenvalue weighted by Gasteiger charge is 2.20. The van der Waals surface area contributed by atoms with Crippen molar-refractivity contribution in [3.05, 3.63) is 89.0 Å². The Kier molecular flexibility index (Phi) is 4.94. The van der Waals surface area contributed by atoms with Gasteiger partial charge >= 0.3 is 0 Å². The van der Waals surface area contributed by atoms with E-state index in [0.29, 0.717) is 16.8 Å². The molecule has 0 atom stereocenters. The van der Waals surface area contributed by atoms with Crippen LogP contribution in [-0.2, 0) is 4.84 Å². The average molecular weight is 385 g/mol. The van der Waals surface area contributed by atoms with Gasteiger partial charge < -0.3 is 0 Å². The molecular weight excluding hydrogens is 370 g/mol. The fraction of sp³-hybridized carbons (Fsp3) is 0.0455. The van der Waals surface area contributed by atoms with Crippen molar-refractivity contribution < 1.29 is 9.63 Å². The quantitative estimate of drug-likeness (QED) is 0.528. The first kappa shape index (κ1) is 18.0. The summed E-state index contributed by atoms with van der Waals surface area (Å²) in [7, 11) is 1.40. The zero-order valence-corrected chi connectivity index (χ0v) is 15.8. The predicted molar refractivity (Wildman–Crippen MR) is 108 cm³/mol. The number of nitrogens with one attached hydrogen (secondary N) is 1. The van der Waals surface area contributed by atoms with Crippen molar-refractivity contribution in [1.29, 1.82) is 5.26 Å². The van der Waals surface area contributed by atoms with Crippen LogP contribution in [0, 0.1) is 11.3 Å². The summed E-state index contributed by atoms with van der Waals surface area (Å²) in [5.74, 6) is -0.327. The zero-order chi connectivity index (χ0) is 19.5. The molecule has 1 N–H and O–H groups in total. The number of amides is 1. The van der Waals surface area contributed by atoms with E-state index in [1.807, 2.05) is 36.4 Å². The number of carbonyl (C=O) groups is 1. The van der Waals surface area contributed by atoms with Crippen molar-refractivity contribution in [2.24, 2.45) is 4.99 Å². The van der Waals surface area contributed by atoms with Crippen LogP contribution >= 0.6 is 11.8 Å². The second-order valence-electron chi connectivity index (χ2n) is 6.07. The molecule has 0 saturated carbocycles. The Balaban J connectivity index is 1.88. The highest BCUT2D eigenvalue weighted by Crippen LogP contribution is 2.41. The lowest BCUT2D eigenvalue weighted by atomic mass is 10.0. The summed E-state index contributed by atoms with van der Waals surface area (Å²) in [5, 5.41) is 9.07. The summed E-state index contributed by atoms with van der Waals surface area (Å²) < 4.78 is 0. The molecule has 4 rings (SSSR count). The van der Waals surface area contributed by atoms with Crippen LogP contribution in [0.2, 0.25) is 0 Å². The number of fused-ring (bicyclic) bond motifs is 2. The summed E-state index contributed by atoms with van der Waals surface area (Å²) >= 11 is 1.61. The maximum absolute atomic E-state index is 12.1. The summed E-state index contributed by atoms with van der Waals surface area (Å²) in [6.07, 6.45) is 0. The van der Waals surface area contributed by atoms with E-state index in [1.54, 1.807) is 36.0 Å². The molecule has 6 heteroatoms. The van der Waals surface area contributed by atoms with E-state index in [9.17, 15) is 4.79 Å². The lowest BCUT2D eigenvalue weighted by molar-refractivity contribution is 0.0537. The van der Waals surface area contributed by atoms with Gasteiger partial charge in [-0.3, -0.25) is 9.63 Å². The van der Waals surface area contributed by atoms with Crippen LogP contribution in [0.15, 0.2) is 81.5 Å². The third-order valence-electron chi connectivity index (χ3n) is 4.30. The van der Waals surface area contributed by atoms with Gasteiger partial charge in [-0.15, -0.1) is 0 Å². The van der Waals surface area contributed by atoms with Gasteiger partial charge in [0, 0.05) is 26.5 Å². The molecule has 28 heavy (non-hydrogen) atoms. The van der Waals surface area contributed by atoms with Crippen molar-refractivity contribution in [2.75, 3.05) is 7.11 Å². The minimum Gasteiger partial charge on any atom is -0.277 e. The van der Waals surface area contributed by atoms with Crippen molar-refractivity contribution >= 4 is 29.1 Å². The number of benzene rings is 3. The average Bonchev–Trinajstić information content (AvgIpc) is 2.90. The number of hydrogen-bond donors (Lipinski definition) is 1. The number of nitrogens with zero attached hydrogens (tertiary/aromatic N) is 2. The van der Waals surface area contributed by atoms with Crippen molar-refractivity contribution in [1.82, 2.24) is 5.48 Å². The Bertz CT molecular complexity index is 1130. The smallest absolute Gasteiger partial charge is 0.274 e. The Morgan fingerprint density at radius 2 is 1.86 bits per heavy atom. The van der Waals surface area contributed by atoms with Crippen LogP contribution in [0.3, 0.4) is 0 Å². The van der Waals surface area contributed by atoms with Crippen LogP contribution in [0.4, 0.5) is 5.69 Å². The van der Waals surface area contributed by atoms with Crippen LogP contribution in [0.25, 0.3) is 0 Å². The second-order valence-corrected chi connectivity index (χ2v) is 7.15. The van der Waals surface area contributed by atoms with Crippen LogP contribution in [0.5, 0.6) is 0 Å². The van der Waals surface area contributed by atoms with Crippen molar-refractivity contribution in [3.63, 3.8) is 0 Å². The number of aliphatic imine (C=N–C) groups is 1. The molecule has 0 aliphatic carbocycles. The maximum atomic E-state index is 12.1. The topological polar surface area (TPSA) is 74.5 Å². The minimum absolute atomic E-state index is 0.327. The van der Waals surface area contributed by atoms with Gasteiger partial charge in [0.15, 0.2) is 0 Å². The lowest BCUT2D eigenvalue weighted by Gasteiger charge is -2.09. The Hall–Kier alpha value is -3.40. The van der Waals surface area contributed by atoms with Gasteiger partial charge in [-0.25, -0.2) is 10.5 Å². The summed E-state index contributed by atoms with van der Waals surface area (Å²) in [6.45, 7) is 0. The molecular formula is C22H15N3O2S. The van der Waals surface area contributed by atoms with E-state index >= 15 is 0 Å². The van der Waals surface area contributed by atoms with E-state index in [1.165, 1.54) is 7.11 Å². The molecule has 0 spiro atoms. The number of carbonyl (C=O) groups excluding carboxylic acids is 1. The van der Waals surface area contributed by atoms with Crippen LogP contribution in [0.1, 0.15) is 27.0 Å². The standard InChI is InChI=1S/C22H15N3O2S/c1-27-25-22(26)16-10-11-20-18(12-16)24-21(15-8-6-14(13-23)7-9-15)17-4-2-3-5-19(17)28-20/h2-12H,1H3,(H,25,26). The third-order valence-corrected chi connectivity index (χ3v) is 5.44. The van der Waals surface area contributed by atoms with Gasteiger partial charge in [-0.1, -0.05) is 42.1 Å². The van der Waals surface area contributed by atoms with E-state index in [4.69, 9.17) is 15.1 Å². The molecule has 5 nitrogen and oxygen atoms in total. The van der Waals surface area contributed by atoms with Gasteiger partial charge in [0.2, 0.25) is 0 Å². The molecule has 1 aliphatic rings. The number of nitriles is 1. The van der Waals surface area contributed by atoms with Gasteiger partial charge in [-0.2, -0.15) is 5.26 Å². The Morgan fingerprint density at radius 1 is 1.07 bits per heavy atom. The molecule has 3 aromatic carbocycles. The molecule has 0 radical (unpaired) electrons. The fourth-order valence-electron chi connectivity index (χ4n) is 2.96. The third kappa shape index (κ3) is 3.41.